The van der Waals surface area contributed by atoms with Crippen molar-refractivity contribution in [2.45, 2.75) is 31.0 Å². The number of amides is 4. The highest BCUT2D eigenvalue weighted by molar-refractivity contribution is 6.25. The molecular weight excluding hydrogens is 474 g/mol. The van der Waals surface area contributed by atoms with Crippen molar-refractivity contribution >= 4 is 34.4 Å². The lowest BCUT2D eigenvalue weighted by Crippen LogP contribution is -2.55. The number of pyridine rings is 1. The van der Waals surface area contributed by atoms with Crippen molar-refractivity contribution in [2.24, 2.45) is 0 Å². The number of hydrogen-bond acceptors (Lipinski definition) is 7. The largest absolute Gasteiger partial charge is 0.493 e. The van der Waals surface area contributed by atoms with Gasteiger partial charge in [0.15, 0.2) is 11.5 Å². The number of hydrogen-bond donors (Lipinski definition) is 0. The number of ether oxygens (including phenoxy) is 2. The summed E-state index contributed by atoms with van der Waals surface area (Å²) >= 11 is 0. The van der Waals surface area contributed by atoms with Gasteiger partial charge in [0.1, 0.15) is 12.1 Å². The molecule has 37 heavy (non-hydrogen) atoms. The van der Waals surface area contributed by atoms with Crippen molar-refractivity contribution in [2.75, 3.05) is 25.7 Å². The number of urea groups is 1. The lowest BCUT2D eigenvalue weighted by Gasteiger charge is -2.35. The van der Waals surface area contributed by atoms with Crippen molar-refractivity contribution in [3.05, 3.63) is 59.8 Å². The van der Waals surface area contributed by atoms with E-state index in [-0.39, 0.29) is 30.3 Å². The molecule has 6 rings (SSSR count). The second kappa shape index (κ2) is 8.48. The average Bonchev–Trinajstić information content (AvgIpc) is 3.59. The van der Waals surface area contributed by atoms with Gasteiger partial charge in [-0.05, 0) is 48.4 Å². The van der Waals surface area contributed by atoms with E-state index < -0.39 is 12.1 Å². The highest BCUT2D eigenvalue weighted by atomic mass is 16.5. The molecule has 3 saturated heterocycles. The number of benzene rings is 2. The van der Waals surface area contributed by atoms with Gasteiger partial charge in [0.25, 0.3) is 5.91 Å². The average molecular weight is 498 g/mol. The van der Waals surface area contributed by atoms with E-state index in [0.717, 1.165) is 5.56 Å². The Hall–Kier alpha value is -4.65. The number of fused-ring (bicyclic) bond motifs is 6. The summed E-state index contributed by atoms with van der Waals surface area (Å²) in [6.45, 7) is 0.385. The quantitative estimate of drug-likeness (QED) is 0.497. The van der Waals surface area contributed by atoms with Crippen LogP contribution in [0.3, 0.4) is 0 Å². The molecule has 4 amide bonds. The maximum Gasteiger partial charge on any atom is 0.332 e. The van der Waals surface area contributed by atoms with Gasteiger partial charge in [-0.15, -0.1) is 0 Å². The van der Waals surface area contributed by atoms with E-state index in [1.54, 1.807) is 66.6 Å². The van der Waals surface area contributed by atoms with Gasteiger partial charge in [-0.1, -0.05) is 6.07 Å². The van der Waals surface area contributed by atoms with Gasteiger partial charge in [-0.2, -0.15) is 5.26 Å². The Bertz CT molecular complexity index is 1510. The lowest BCUT2D eigenvalue weighted by atomic mass is 10.1. The molecule has 4 heterocycles. The number of piperazine rings is 1. The Balaban J connectivity index is 1.27. The first kappa shape index (κ1) is 22.8. The third kappa shape index (κ3) is 3.31. The normalized spacial score (nSPS) is 22.0. The second-order valence-corrected chi connectivity index (χ2v) is 9.32. The summed E-state index contributed by atoms with van der Waals surface area (Å²) in [7, 11) is 3.09. The first-order valence-corrected chi connectivity index (χ1v) is 11.9. The molecule has 3 aliphatic rings. The number of carbonyl (C=O) groups is 3. The molecule has 0 radical (unpaired) electrons. The van der Waals surface area contributed by atoms with Crippen LogP contribution < -0.4 is 14.4 Å². The second-order valence-electron chi connectivity index (χ2n) is 9.32. The van der Waals surface area contributed by atoms with Crippen LogP contribution in [0.15, 0.2) is 48.7 Å². The Morgan fingerprint density at radius 1 is 1.14 bits per heavy atom. The van der Waals surface area contributed by atoms with Gasteiger partial charge in [-0.25, -0.2) is 9.69 Å². The van der Waals surface area contributed by atoms with Crippen molar-refractivity contribution in [1.82, 2.24) is 14.8 Å². The Morgan fingerprint density at radius 3 is 2.70 bits per heavy atom. The topological polar surface area (TPSA) is 116 Å². The Labute approximate surface area is 212 Å². The van der Waals surface area contributed by atoms with Gasteiger partial charge in [-0.3, -0.25) is 14.6 Å². The highest BCUT2D eigenvalue weighted by Crippen LogP contribution is 2.44. The van der Waals surface area contributed by atoms with Crippen LogP contribution in [0.2, 0.25) is 0 Å². The molecule has 0 spiro atoms. The summed E-state index contributed by atoms with van der Waals surface area (Å²) in [5.41, 5.74) is 1.97. The number of likely N-dealkylation sites (tertiary alicyclic amines) is 1. The van der Waals surface area contributed by atoms with E-state index >= 15 is 0 Å². The first-order chi connectivity index (χ1) is 18.0. The standard InChI is InChI=1S/C27H23N5O5/c1-36-21-8-5-15(10-22(21)37-2)11-23(33)30-14-17-12-20(30)25-26(34)32(27(35)31(17)25)19-7-6-16(13-28)24-18(19)4-3-9-29-24/h3-10,17,20,25H,11-12,14H2,1-2H3/t17-,20-,25-/m0/s1. The summed E-state index contributed by atoms with van der Waals surface area (Å²) < 4.78 is 10.6. The summed E-state index contributed by atoms with van der Waals surface area (Å²) in [6, 6.07) is 12.3. The minimum atomic E-state index is -0.733. The maximum absolute atomic E-state index is 13.7. The molecule has 10 heteroatoms. The highest BCUT2D eigenvalue weighted by Gasteiger charge is 2.62. The monoisotopic (exact) mass is 497 g/mol. The van der Waals surface area contributed by atoms with Crippen LogP contribution in [-0.2, 0) is 16.0 Å². The van der Waals surface area contributed by atoms with Gasteiger partial charge in [0.2, 0.25) is 5.91 Å². The zero-order valence-corrected chi connectivity index (χ0v) is 20.2. The number of nitrogens with zero attached hydrogens (tertiary/aromatic N) is 5. The van der Waals surface area contributed by atoms with Crippen LogP contribution in [0.25, 0.3) is 10.9 Å². The van der Waals surface area contributed by atoms with Gasteiger partial charge in [0, 0.05) is 18.1 Å². The third-order valence-corrected chi connectivity index (χ3v) is 7.50. The fraction of sp³-hybridized carbons (Fsp3) is 0.296. The molecule has 2 bridgehead atoms. The number of anilines is 1. The number of nitriles is 1. The smallest absolute Gasteiger partial charge is 0.332 e. The van der Waals surface area contributed by atoms with Crippen LogP contribution >= 0.6 is 0 Å². The molecule has 0 unspecified atom stereocenters. The fourth-order valence-corrected chi connectivity index (χ4v) is 5.88. The van der Waals surface area contributed by atoms with Crippen LogP contribution in [0, 0.1) is 11.3 Å². The summed E-state index contributed by atoms with van der Waals surface area (Å²) in [5.74, 6) is 0.649. The van der Waals surface area contributed by atoms with Crippen LogP contribution in [0.1, 0.15) is 17.5 Å². The molecule has 0 saturated carbocycles. The van der Waals surface area contributed by atoms with Crippen molar-refractivity contribution in [3.63, 3.8) is 0 Å². The predicted octanol–water partition coefficient (Wildman–Crippen LogP) is 2.49. The SMILES string of the molecule is COc1ccc(CC(=O)N2C[C@@H]3C[C@H]2[C@H]2C(=O)N(c4ccc(C#N)c5ncccc45)C(=O)N32)cc1OC. The van der Waals surface area contributed by atoms with Crippen molar-refractivity contribution in [3.8, 4) is 17.6 Å². The lowest BCUT2D eigenvalue weighted by molar-refractivity contribution is -0.135. The molecule has 0 aliphatic carbocycles. The molecule has 10 nitrogen and oxygen atoms in total. The molecule has 0 N–H and O–H groups in total. The Morgan fingerprint density at radius 2 is 1.95 bits per heavy atom. The minimum Gasteiger partial charge on any atom is -0.493 e. The van der Waals surface area contributed by atoms with Crippen molar-refractivity contribution in [1.29, 1.82) is 5.26 Å². The molecule has 3 aromatic rings. The van der Waals surface area contributed by atoms with E-state index in [1.807, 2.05) is 6.07 Å². The Kier molecular flexibility index (Phi) is 5.22. The molecule has 3 aliphatic heterocycles. The summed E-state index contributed by atoms with van der Waals surface area (Å²) in [4.78, 5) is 49.3. The molecule has 1 aromatic heterocycles. The summed E-state index contributed by atoms with van der Waals surface area (Å²) in [6.07, 6.45) is 2.29. The van der Waals surface area contributed by atoms with Gasteiger partial charge < -0.3 is 19.3 Å². The maximum atomic E-state index is 13.7. The van der Waals surface area contributed by atoms with E-state index in [0.29, 0.717) is 46.6 Å². The first-order valence-electron chi connectivity index (χ1n) is 11.9. The number of imide groups is 1. The number of rotatable bonds is 5. The third-order valence-electron chi connectivity index (χ3n) is 7.50. The fourth-order valence-electron chi connectivity index (χ4n) is 5.88. The van der Waals surface area contributed by atoms with Gasteiger partial charge >= 0.3 is 6.03 Å². The van der Waals surface area contributed by atoms with E-state index in [1.165, 1.54) is 4.90 Å². The number of carbonyl (C=O) groups excluding carboxylic acids is 3. The molecule has 186 valence electrons. The van der Waals surface area contributed by atoms with E-state index in [2.05, 4.69) is 11.1 Å². The van der Waals surface area contributed by atoms with Gasteiger partial charge in [0.05, 0.1) is 49.5 Å². The minimum absolute atomic E-state index is 0.105. The number of methoxy groups -OCH3 is 2. The molecule has 3 fully saturated rings. The van der Waals surface area contributed by atoms with Crippen LogP contribution in [0.5, 0.6) is 11.5 Å². The zero-order chi connectivity index (χ0) is 25.8. The number of aromatic nitrogens is 1. The van der Waals surface area contributed by atoms with Crippen molar-refractivity contribution < 1.29 is 23.9 Å². The molecular formula is C27H23N5O5. The zero-order valence-electron chi connectivity index (χ0n) is 20.2. The van der Waals surface area contributed by atoms with Crippen LogP contribution in [-0.4, -0.2) is 71.5 Å². The molecule has 2 aromatic carbocycles. The van der Waals surface area contributed by atoms with E-state index in [4.69, 9.17) is 9.47 Å². The predicted molar refractivity (Wildman–Crippen MR) is 132 cm³/mol. The van der Waals surface area contributed by atoms with E-state index in [9.17, 15) is 19.6 Å². The summed E-state index contributed by atoms with van der Waals surface area (Å²) in [5, 5.41) is 10.0. The molecule has 3 atom stereocenters. The van der Waals surface area contributed by atoms with Crippen LogP contribution in [0.4, 0.5) is 10.5 Å².